The number of fused-ring (bicyclic) bond motifs is 4. The lowest BCUT2D eigenvalue weighted by Gasteiger charge is -2.54. The number of hydrogen-bond acceptors (Lipinski definition) is 0. The van der Waals surface area contributed by atoms with Gasteiger partial charge in [-0.05, 0) is 58.7 Å². The second-order valence-electron chi connectivity index (χ2n) is 8.14. The van der Waals surface area contributed by atoms with E-state index in [1.165, 1.54) is 12.8 Å². The van der Waals surface area contributed by atoms with Gasteiger partial charge in [-0.3, -0.25) is 0 Å². The van der Waals surface area contributed by atoms with Gasteiger partial charge in [0.25, 0.3) is 0 Å². The molecule has 4 saturated carbocycles. The zero-order valence-corrected chi connectivity index (χ0v) is 12.7. The zero-order chi connectivity index (χ0) is 13.0. The lowest BCUT2D eigenvalue weighted by atomic mass is 9.50. The second-order valence-corrected chi connectivity index (χ2v) is 8.14. The lowest BCUT2D eigenvalue weighted by molar-refractivity contribution is -0.0590. The molecular weight excluding hydrogens is 216 g/mol. The molecule has 4 aliphatic carbocycles. The highest BCUT2D eigenvalue weighted by Gasteiger charge is 2.88. The van der Waals surface area contributed by atoms with E-state index in [0.29, 0.717) is 10.8 Å². The number of allylic oxidation sites excluding steroid dienone is 1. The summed E-state index contributed by atoms with van der Waals surface area (Å²) in [5.41, 5.74) is 3.04. The molecule has 4 aliphatic rings. The van der Waals surface area contributed by atoms with Crippen LogP contribution >= 0.6 is 0 Å². The van der Waals surface area contributed by atoms with Crippen LogP contribution in [0.1, 0.15) is 47.5 Å². The van der Waals surface area contributed by atoms with E-state index >= 15 is 0 Å². The predicted molar refractivity (Wildman–Crippen MR) is 76.0 cm³/mol. The van der Waals surface area contributed by atoms with Crippen molar-refractivity contribution in [2.24, 2.45) is 52.3 Å². The first kappa shape index (κ1) is 11.6. The van der Waals surface area contributed by atoms with Gasteiger partial charge >= 0.3 is 0 Å². The summed E-state index contributed by atoms with van der Waals surface area (Å²) in [6.07, 6.45) is 2.76. The molecule has 0 heteroatoms. The summed E-state index contributed by atoms with van der Waals surface area (Å²) in [6, 6.07) is 0. The molecule has 0 N–H and O–H groups in total. The molecule has 18 heavy (non-hydrogen) atoms. The average molecular weight is 244 g/mol. The molecule has 8 atom stereocenters. The van der Waals surface area contributed by atoms with Crippen LogP contribution in [0.5, 0.6) is 0 Å². The van der Waals surface area contributed by atoms with Crippen LogP contribution in [0, 0.1) is 52.3 Å². The molecule has 0 nitrogen and oxygen atoms in total. The third-order valence-electron chi connectivity index (χ3n) is 8.48. The van der Waals surface area contributed by atoms with Crippen molar-refractivity contribution in [1.82, 2.24) is 0 Å². The predicted octanol–water partition coefficient (Wildman–Crippen LogP) is 4.76. The fourth-order valence-corrected chi connectivity index (χ4v) is 7.42. The monoisotopic (exact) mass is 244 g/mol. The minimum Gasteiger partial charge on any atom is -0.0995 e. The van der Waals surface area contributed by atoms with Crippen LogP contribution in [0.3, 0.4) is 0 Å². The topological polar surface area (TPSA) is 0 Å². The summed E-state index contributed by atoms with van der Waals surface area (Å²) in [7, 11) is 0. The Labute approximate surface area is 112 Å². The van der Waals surface area contributed by atoms with E-state index in [2.05, 4.69) is 41.2 Å². The van der Waals surface area contributed by atoms with Crippen molar-refractivity contribution in [2.45, 2.75) is 47.5 Å². The standard InChI is InChI=1S/C18H28/c1-7-14-10(3)11(4)18(14)15-9(2)8-17(16(15)18)12(5)13(17)6/h10-16H,2,7-8H2,1,3-6H3/t10?,11-,12+,13+,14+,15?,16+,18?/m1/s1. The van der Waals surface area contributed by atoms with Crippen molar-refractivity contribution >= 4 is 0 Å². The van der Waals surface area contributed by atoms with Gasteiger partial charge in [-0.15, -0.1) is 0 Å². The summed E-state index contributed by atoms with van der Waals surface area (Å²) >= 11 is 0. The molecule has 0 aromatic rings. The highest BCUT2D eigenvalue weighted by Crippen LogP contribution is 2.93. The molecule has 100 valence electrons. The minimum atomic E-state index is 0.698. The summed E-state index contributed by atoms with van der Waals surface area (Å²) < 4.78 is 0. The van der Waals surface area contributed by atoms with Gasteiger partial charge < -0.3 is 0 Å². The third kappa shape index (κ3) is 0.816. The van der Waals surface area contributed by atoms with Gasteiger partial charge in [0.2, 0.25) is 0 Å². The van der Waals surface area contributed by atoms with Gasteiger partial charge in [-0.2, -0.15) is 0 Å². The highest BCUT2D eigenvalue weighted by atomic mass is 14.9. The van der Waals surface area contributed by atoms with Crippen molar-refractivity contribution in [3.05, 3.63) is 12.2 Å². The molecule has 0 bridgehead atoms. The summed E-state index contributed by atoms with van der Waals surface area (Å²) in [5, 5.41) is 0. The Hall–Kier alpha value is -0.260. The largest absolute Gasteiger partial charge is 0.0995 e. The first-order chi connectivity index (χ1) is 8.45. The molecule has 0 heterocycles. The van der Waals surface area contributed by atoms with Crippen LogP contribution in [-0.2, 0) is 0 Å². The maximum absolute atomic E-state index is 4.49. The van der Waals surface area contributed by atoms with Crippen LogP contribution in [0.15, 0.2) is 12.2 Å². The quantitative estimate of drug-likeness (QED) is 0.583. The van der Waals surface area contributed by atoms with E-state index in [-0.39, 0.29) is 0 Å². The molecule has 0 aromatic carbocycles. The number of rotatable bonds is 1. The fourth-order valence-electron chi connectivity index (χ4n) is 7.42. The third-order valence-corrected chi connectivity index (χ3v) is 8.48. The van der Waals surface area contributed by atoms with Gasteiger partial charge in [0.15, 0.2) is 0 Å². The SMILES string of the molecule is C=C1CC2([C@@H](C)[C@@H]2C)[C@@H]2C1C21[C@H](C)C(C)[C@@H]1CC. The van der Waals surface area contributed by atoms with Gasteiger partial charge in [0, 0.05) is 0 Å². The van der Waals surface area contributed by atoms with Crippen molar-refractivity contribution in [3.63, 3.8) is 0 Å². The molecule has 4 rings (SSSR count). The van der Waals surface area contributed by atoms with Crippen LogP contribution in [0.2, 0.25) is 0 Å². The average Bonchev–Trinajstić information content (AvgIpc) is 3.13. The Morgan fingerprint density at radius 2 is 1.72 bits per heavy atom. The first-order valence-electron chi connectivity index (χ1n) is 8.13. The van der Waals surface area contributed by atoms with E-state index in [9.17, 15) is 0 Å². The van der Waals surface area contributed by atoms with Gasteiger partial charge in [0.1, 0.15) is 0 Å². The lowest BCUT2D eigenvalue weighted by Crippen LogP contribution is -2.49. The Kier molecular flexibility index (Phi) is 1.87. The summed E-state index contributed by atoms with van der Waals surface area (Å²) in [6.45, 7) is 16.9. The summed E-state index contributed by atoms with van der Waals surface area (Å²) in [5.74, 6) is 6.77. The van der Waals surface area contributed by atoms with Crippen molar-refractivity contribution in [2.75, 3.05) is 0 Å². The van der Waals surface area contributed by atoms with Crippen LogP contribution in [-0.4, -0.2) is 0 Å². The maximum atomic E-state index is 4.49. The van der Waals surface area contributed by atoms with E-state index in [1.54, 1.807) is 5.57 Å². The maximum Gasteiger partial charge on any atom is -0.0101 e. The van der Waals surface area contributed by atoms with Gasteiger partial charge in [0.05, 0.1) is 0 Å². The molecule has 4 fully saturated rings. The zero-order valence-electron chi connectivity index (χ0n) is 12.7. The van der Waals surface area contributed by atoms with E-state index in [1.807, 2.05) is 0 Å². The van der Waals surface area contributed by atoms with Crippen LogP contribution < -0.4 is 0 Å². The normalized spacial score (nSPS) is 68.3. The molecule has 3 unspecified atom stereocenters. The summed E-state index contributed by atoms with van der Waals surface area (Å²) in [4.78, 5) is 0. The molecular formula is C18H28. The van der Waals surface area contributed by atoms with Crippen LogP contribution in [0.25, 0.3) is 0 Å². The molecule has 0 amide bonds. The Morgan fingerprint density at radius 1 is 1.11 bits per heavy atom. The molecule has 0 radical (unpaired) electrons. The van der Waals surface area contributed by atoms with Gasteiger partial charge in [-0.25, -0.2) is 0 Å². The molecule has 0 aromatic heterocycles. The first-order valence-corrected chi connectivity index (χ1v) is 8.13. The Bertz CT molecular complexity index is 425. The minimum absolute atomic E-state index is 0.698. The fraction of sp³-hybridized carbons (Fsp3) is 0.889. The molecule has 2 spiro atoms. The second kappa shape index (κ2) is 2.91. The van der Waals surface area contributed by atoms with Crippen molar-refractivity contribution in [3.8, 4) is 0 Å². The Balaban J connectivity index is 1.74. The van der Waals surface area contributed by atoms with Crippen LogP contribution in [0.4, 0.5) is 0 Å². The number of hydrogen-bond donors (Lipinski definition) is 0. The van der Waals surface area contributed by atoms with Crippen molar-refractivity contribution in [1.29, 1.82) is 0 Å². The van der Waals surface area contributed by atoms with E-state index in [0.717, 1.165) is 41.4 Å². The van der Waals surface area contributed by atoms with Crippen molar-refractivity contribution < 1.29 is 0 Å². The molecule has 0 aliphatic heterocycles. The molecule has 0 saturated heterocycles. The van der Waals surface area contributed by atoms with E-state index in [4.69, 9.17) is 0 Å². The highest BCUT2D eigenvalue weighted by molar-refractivity contribution is 5.44. The van der Waals surface area contributed by atoms with Gasteiger partial charge in [-0.1, -0.05) is 53.2 Å². The smallest absolute Gasteiger partial charge is 0.0101 e. The Morgan fingerprint density at radius 3 is 2.22 bits per heavy atom. The van der Waals surface area contributed by atoms with E-state index < -0.39 is 0 Å².